The molecule has 0 aromatic heterocycles. The van der Waals surface area contributed by atoms with Gasteiger partial charge in [-0.3, -0.25) is 4.79 Å². The van der Waals surface area contributed by atoms with E-state index in [1.807, 2.05) is 0 Å². The van der Waals surface area contributed by atoms with Gasteiger partial charge in [-0.25, -0.2) is 0 Å². The quantitative estimate of drug-likeness (QED) is 0.752. The van der Waals surface area contributed by atoms with Gasteiger partial charge in [-0.05, 0) is 71.7 Å². The van der Waals surface area contributed by atoms with Crippen LogP contribution in [0.3, 0.4) is 0 Å². The Labute approximate surface area is 161 Å². The van der Waals surface area contributed by atoms with E-state index in [-0.39, 0.29) is 29.1 Å². The first-order chi connectivity index (χ1) is 12.1. The van der Waals surface area contributed by atoms with E-state index in [1.54, 1.807) is 18.2 Å². The molecule has 3 rings (SSSR count). The highest BCUT2D eigenvalue weighted by molar-refractivity contribution is 6.32. The molecule has 0 aliphatic carbocycles. The largest absolute Gasteiger partial charge is 0.487 e. The molecule has 0 bridgehead atoms. The summed E-state index contributed by atoms with van der Waals surface area (Å²) in [6.45, 7) is 10.5. The van der Waals surface area contributed by atoms with E-state index < -0.39 is 0 Å². The number of piperidine rings is 1. The average molecular weight is 380 g/mol. The van der Waals surface area contributed by atoms with Gasteiger partial charge in [0.05, 0.1) is 5.02 Å². The number of amides is 1. The highest BCUT2D eigenvalue weighted by Gasteiger charge is 2.38. The molecule has 1 aromatic rings. The van der Waals surface area contributed by atoms with Gasteiger partial charge in [-0.1, -0.05) is 11.6 Å². The lowest BCUT2D eigenvalue weighted by atomic mass is 9.79. The third-order valence-electron chi connectivity index (χ3n) is 5.03. The molecule has 2 aliphatic rings. The van der Waals surface area contributed by atoms with Crippen LogP contribution in [-0.4, -0.2) is 42.2 Å². The maximum absolute atomic E-state index is 12.7. The number of carbonyl (C=O) groups excluding carboxylic acids is 1. The number of nitrogens with one attached hydrogen (secondary N) is 3. The van der Waals surface area contributed by atoms with Gasteiger partial charge in [0.15, 0.2) is 0 Å². The van der Waals surface area contributed by atoms with E-state index in [2.05, 4.69) is 43.6 Å². The Morgan fingerprint density at radius 2 is 1.92 bits per heavy atom. The molecule has 2 heterocycles. The standard InChI is InChI=1S/C20H30ClN3O2/c1-19(2)10-14(11-20(3,4)24-19)23-18(25)13-5-6-17(16(21)9-13)26-15-7-8-22-12-15/h5-6,9,14-15,22,24H,7-8,10-12H2,1-4H3,(H,23,25). The van der Waals surface area contributed by atoms with Gasteiger partial charge in [0.2, 0.25) is 0 Å². The summed E-state index contributed by atoms with van der Waals surface area (Å²) in [7, 11) is 0. The fraction of sp³-hybridized carbons (Fsp3) is 0.650. The highest BCUT2D eigenvalue weighted by atomic mass is 35.5. The average Bonchev–Trinajstić information content (AvgIpc) is 2.99. The molecule has 2 aliphatic heterocycles. The van der Waals surface area contributed by atoms with Crippen molar-refractivity contribution in [3.63, 3.8) is 0 Å². The van der Waals surface area contributed by atoms with Crippen LogP contribution in [0, 0.1) is 0 Å². The zero-order valence-electron chi connectivity index (χ0n) is 16.1. The van der Waals surface area contributed by atoms with Gasteiger partial charge in [0.25, 0.3) is 5.91 Å². The number of hydrogen-bond acceptors (Lipinski definition) is 4. The van der Waals surface area contributed by atoms with E-state index in [9.17, 15) is 4.79 Å². The normalized spacial score (nSPS) is 25.0. The first kappa shape index (κ1) is 19.5. The van der Waals surface area contributed by atoms with Crippen LogP contribution < -0.4 is 20.7 Å². The predicted molar refractivity (Wildman–Crippen MR) is 105 cm³/mol. The number of hydrogen-bond donors (Lipinski definition) is 3. The SMILES string of the molecule is CC1(C)CC(NC(=O)c2ccc(OC3CCNC3)c(Cl)c2)CC(C)(C)N1. The monoisotopic (exact) mass is 379 g/mol. The zero-order chi connectivity index (χ0) is 18.9. The summed E-state index contributed by atoms with van der Waals surface area (Å²) in [6.07, 6.45) is 2.91. The van der Waals surface area contributed by atoms with Crippen LogP contribution in [0.25, 0.3) is 0 Å². The lowest BCUT2D eigenvalue weighted by Crippen LogP contribution is -2.62. The molecule has 144 valence electrons. The van der Waals surface area contributed by atoms with Crippen LogP contribution in [0.1, 0.15) is 57.3 Å². The van der Waals surface area contributed by atoms with E-state index in [1.165, 1.54) is 0 Å². The second-order valence-electron chi connectivity index (χ2n) is 8.85. The molecule has 2 saturated heterocycles. The highest BCUT2D eigenvalue weighted by Crippen LogP contribution is 2.30. The molecule has 1 unspecified atom stereocenters. The Hall–Kier alpha value is -1.30. The summed E-state index contributed by atoms with van der Waals surface area (Å²) >= 11 is 6.35. The summed E-state index contributed by atoms with van der Waals surface area (Å²) < 4.78 is 5.91. The number of rotatable bonds is 4. The Morgan fingerprint density at radius 3 is 2.50 bits per heavy atom. The van der Waals surface area contributed by atoms with Crippen LogP contribution in [0.2, 0.25) is 5.02 Å². The first-order valence-electron chi connectivity index (χ1n) is 9.41. The van der Waals surface area contributed by atoms with Crippen LogP contribution in [0.15, 0.2) is 18.2 Å². The molecular formula is C20H30ClN3O2. The molecule has 0 spiro atoms. The van der Waals surface area contributed by atoms with Crippen LogP contribution >= 0.6 is 11.6 Å². The van der Waals surface area contributed by atoms with Gasteiger partial charge in [0, 0.05) is 29.2 Å². The van der Waals surface area contributed by atoms with Crippen molar-refractivity contribution >= 4 is 17.5 Å². The number of halogens is 1. The van der Waals surface area contributed by atoms with Crippen LogP contribution in [0.5, 0.6) is 5.75 Å². The van der Waals surface area contributed by atoms with E-state index in [0.717, 1.165) is 32.4 Å². The van der Waals surface area contributed by atoms with Crippen molar-refractivity contribution in [2.45, 2.75) is 70.2 Å². The molecule has 3 N–H and O–H groups in total. The number of carbonyl (C=O) groups is 1. The maximum Gasteiger partial charge on any atom is 0.251 e. The van der Waals surface area contributed by atoms with Crippen LogP contribution in [0.4, 0.5) is 0 Å². The van der Waals surface area contributed by atoms with Gasteiger partial charge in [-0.2, -0.15) is 0 Å². The Bertz CT molecular complexity index is 653. The molecule has 6 heteroatoms. The van der Waals surface area contributed by atoms with Gasteiger partial charge >= 0.3 is 0 Å². The minimum absolute atomic E-state index is 0.00957. The minimum atomic E-state index is -0.0838. The Balaban J connectivity index is 1.65. The van der Waals surface area contributed by atoms with Crippen molar-refractivity contribution in [1.82, 2.24) is 16.0 Å². The van der Waals surface area contributed by atoms with Gasteiger partial charge in [0.1, 0.15) is 11.9 Å². The summed E-state index contributed by atoms with van der Waals surface area (Å²) in [5.41, 5.74) is 0.551. The van der Waals surface area contributed by atoms with E-state index in [4.69, 9.17) is 16.3 Å². The lowest BCUT2D eigenvalue weighted by Gasteiger charge is -2.46. The Kier molecular flexibility index (Phi) is 5.52. The molecule has 26 heavy (non-hydrogen) atoms. The molecule has 1 aromatic carbocycles. The predicted octanol–water partition coefficient (Wildman–Crippen LogP) is 3.12. The fourth-order valence-corrected chi connectivity index (χ4v) is 4.56. The van der Waals surface area contributed by atoms with Gasteiger partial charge in [-0.15, -0.1) is 0 Å². The molecule has 0 radical (unpaired) electrons. The van der Waals surface area contributed by atoms with Crippen molar-refractivity contribution in [3.05, 3.63) is 28.8 Å². The first-order valence-corrected chi connectivity index (χ1v) is 9.78. The molecular weight excluding hydrogens is 350 g/mol. The zero-order valence-corrected chi connectivity index (χ0v) is 16.9. The van der Waals surface area contributed by atoms with E-state index >= 15 is 0 Å². The maximum atomic E-state index is 12.7. The van der Waals surface area contributed by atoms with Crippen molar-refractivity contribution < 1.29 is 9.53 Å². The third kappa shape index (κ3) is 4.90. The number of ether oxygens (including phenoxy) is 1. The summed E-state index contributed by atoms with van der Waals surface area (Å²) in [4.78, 5) is 12.7. The van der Waals surface area contributed by atoms with Crippen LogP contribution in [-0.2, 0) is 0 Å². The van der Waals surface area contributed by atoms with Crippen molar-refractivity contribution in [3.8, 4) is 5.75 Å². The van der Waals surface area contributed by atoms with Crippen molar-refractivity contribution in [2.24, 2.45) is 0 Å². The molecule has 0 saturated carbocycles. The topological polar surface area (TPSA) is 62.4 Å². The summed E-state index contributed by atoms with van der Waals surface area (Å²) in [5.74, 6) is 0.556. The smallest absolute Gasteiger partial charge is 0.251 e. The summed E-state index contributed by atoms with van der Waals surface area (Å²) in [6, 6.07) is 5.42. The van der Waals surface area contributed by atoms with Crippen molar-refractivity contribution in [1.29, 1.82) is 0 Å². The summed E-state index contributed by atoms with van der Waals surface area (Å²) in [5, 5.41) is 10.6. The number of benzene rings is 1. The fourth-order valence-electron chi connectivity index (χ4n) is 4.34. The lowest BCUT2D eigenvalue weighted by molar-refractivity contribution is 0.0873. The molecule has 2 fully saturated rings. The molecule has 1 atom stereocenters. The van der Waals surface area contributed by atoms with Crippen molar-refractivity contribution in [2.75, 3.05) is 13.1 Å². The van der Waals surface area contributed by atoms with Gasteiger partial charge < -0.3 is 20.7 Å². The second kappa shape index (κ2) is 7.37. The third-order valence-corrected chi connectivity index (χ3v) is 5.32. The second-order valence-corrected chi connectivity index (χ2v) is 9.26. The molecule has 1 amide bonds. The minimum Gasteiger partial charge on any atom is -0.487 e. The molecule has 5 nitrogen and oxygen atoms in total. The van der Waals surface area contributed by atoms with E-state index in [0.29, 0.717) is 16.3 Å². The Morgan fingerprint density at radius 1 is 1.23 bits per heavy atom.